The van der Waals surface area contributed by atoms with E-state index in [-0.39, 0.29) is 30.0 Å². The zero-order valence-corrected chi connectivity index (χ0v) is 14.9. The molecule has 4 heteroatoms. The number of aliphatic hydroxyl groups excluding tert-OH is 2. The van der Waals surface area contributed by atoms with Gasteiger partial charge in [-0.2, -0.15) is 0 Å². The van der Waals surface area contributed by atoms with E-state index in [0.717, 1.165) is 49.7 Å². The highest BCUT2D eigenvalue weighted by molar-refractivity contribution is 5.92. The van der Waals surface area contributed by atoms with Crippen LogP contribution in [0.3, 0.4) is 0 Å². The number of carbonyl (C=O) groups is 1. The standard InChI is InChI=1S/C20H30O4/c1-14-6-10-20-13-24-18(23)16(20)4-3-5-17(20)19(14,2)9-7-15(12-22)8-11-21/h4,8,14,17,21-22H,3,5-7,9-13H2,1-2H3/b15-8-. The summed E-state index contributed by atoms with van der Waals surface area (Å²) in [6.45, 7) is 5.22. The number of ether oxygens (including phenoxy) is 1. The van der Waals surface area contributed by atoms with Crippen LogP contribution in [0.2, 0.25) is 0 Å². The van der Waals surface area contributed by atoms with Crippen LogP contribution in [0.4, 0.5) is 0 Å². The lowest BCUT2D eigenvalue weighted by Gasteiger charge is -2.56. The second kappa shape index (κ2) is 6.64. The summed E-state index contributed by atoms with van der Waals surface area (Å²) in [7, 11) is 0. The van der Waals surface area contributed by atoms with Crippen molar-refractivity contribution < 1.29 is 19.7 Å². The number of hydrogen-bond acceptors (Lipinski definition) is 4. The van der Waals surface area contributed by atoms with E-state index in [9.17, 15) is 9.90 Å². The van der Waals surface area contributed by atoms with Gasteiger partial charge < -0.3 is 14.9 Å². The maximum Gasteiger partial charge on any atom is 0.334 e. The molecule has 1 heterocycles. The fourth-order valence-electron chi connectivity index (χ4n) is 5.51. The summed E-state index contributed by atoms with van der Waals surface area (Å²) in [6, 6.07) is 0. The van der Waals surface area contributed by atoms with Gasteiger partial charge in [0, 0.05) is 11.0 Å². The Hall–Kier alpha value is -1.13. The van der Waals surface area contributed by atoms with E-state index in [1.54, 1.807) is 6.08 Å². The van der Waals surface area contributed by atoms with Crippen LogP contribution < -0.4 is 0 Å². The maximum absolute atomic E-state index is 12.2. The number of rotatable bonds is 5. The summed E-state index contributed by atoms with van der Waals surface area (Å²) >= 11 is 0. The van der Waals surface area contributed by atoms with E-state index in [0.29, 0.717) is 18.4 Å². The normalized spacial score (nSPS) is 39.1. The molecule has 4 atom stereocenters. The van der Waals surface area contributed by atoms with Crippen molar-refractivity contribution in [3.63, 3.8) is 0 Å². The average molecular weight is 334 g/mol. The van der Waals surface area contributed by atoms with Gasteiger partial charge in [0.1, 0.15) is 6.61 Å². The van der Waals surface area contributed by atoms with Gasteiger partial charge in [0.25, 0.3) is 0 Å². The van der Waals surface area contributed by atoms with E-state index < -0.39 is 0 Å². The van der Waals surface area contributed by atoms with Gasteiger partial charge in [0.15, 0.2) is 0 Å². The van der Waals surface area contributed by atoms with Gasteiger partial charge in [-0.25, -0.2) is 4.79 Å². The van der Waals surface area contributed by atoms with Crippen LogP contribution in [-0.2, 0) is 9.53 Å². The molecule has 3 rings (SSSR count). The van der Waals surface area contributed by atoms with Crippen LogP contribution in [0.15, 0.2) is 23.3 Å². The van der Waals surface area contributed by atoms with E-state index in [4.69, 9.17) is 9.84 Å². The van der Waals surface area contributed by atoms with Crippen molar-refractivity contribution in [2.75, 3.05) is 19.8 Å². The molecule has 0 aromatic heterocycles. The van der Waals surface area contributed by atoms with Gasteiger partial charge in [0.2, 0.25) is 0 Å². The summed E-state index contributed by atoms with van der Waals surface area (Å²) in [4.78, 5) is 12.2. The quantitative estimate of drug-likeness (QED) is 0.599. The van der Waals surface area contributed by atoms with Gasteiger partial charge in [-0.15, -0.1) is 0 Å². The second-order valence-corrected chi connectivity index (χ2v) is 8.13. The fourth-order valence-corrected chi connectivity index (χ4v) is 5.51. The first-order valence-electron chi connectivity index (χ1n) is 9.25. The number of aliphatic hydroxyl groups is 2. The molecule has 4 nitrogen and oxygen atoms in total. The number of hydrogen-bond donors (Lipinski definition) is 2. The zero-order valence-electron chi connectivity index (χ0n) is 14.9. The third-order valence-electron chi connectivity index (χ3n) is 7.20. The van der Waals surface area contributed by atoms with E-state index in [1.165, 1.54) is 0 Å². The molecule has 2 aliphatic carbocycles. The van der Waals surface area contributed by atoms with Crippen LogP contribution in [0.25, 0.3) is 0 Å². The van der Waals surface area contributed by atoms with Crippen molar-refractivity contribution in [2.45, 2.75) is 52.4 Å². The Morgan fingerprint density at radius 3 is 2.92 bits per heavy atom. The van der Waals surface area contributed by atoms with Crippen molar-refractivity contribution in [2.24, 2.45) is 22.7 Å². The number of allylic oxidation sites excluding steroid dienone is 1. The Morgan fingerprint density at radius 1 is 1.42 bits per heavy atom. The molecule has 3 aliphatic rings. The lowest BCUT2D eigenvalue weighted by molar-refractivity contribution is -0.135. The minimum absolute atomic E-state index is 0.00752. The van der Waals surface area contributed by atoms with Gasteiger partial charge in [-0.05, 0) is 61.3 Å². The van der Waals surface area contributed by atoms with Gasteiger partial charge in [-0.1, -0.05) is 26.0 Å². The third-order valence-corrected chi connectivity index (χ3v) is 7.20. The van der Waals surface area contributed by atoms with Crippen LogP contribution in [-0.4, -0.2) is 36.0 Å². The van der Waals surface area contributed by atoms with Crippen LogP contribution in [0.1, 0.15) is 52.4 Å². The van der Waals surface area contributed by atoms with E-state index in [2.05, 4.69) is 19.9 Å². The molecule has 0 radical (unpaired) electrons. The molecule has 1 aliphatic heterocycles. The summed E-state index contributed by atoms with van der Waals surface area (Å²) in [5.41, 5.74) is 1.88. The highest BCUT2D eigenvalue weighted by Gasteiger charge is 2.60. The Kier molecular flexibility index (Phi) is 4.89. The predicted octanol–water partition coefficient (Wildman–Crippen LogP) is 2.99. The molecule has 0 bridgehead atoms. The number of carbonyl (C=O) groups excluding carboxylic acids is 1. The highest BCUT2D eigenvalue weighted by atomic mass is 16.5. The lowest BCUT2D eigenvalue weighted by Crippen LogP contribution is -2.51. The van der Waals surface area contributed by atoms with Gasteiger partial charge in [-0.3, -0.25) is 0 Å². The molecule has 134 valence electrons. The molecule has 2 fully saturated rings. The molecule has 1 saturated carbocycles. The molecule has 1 spiro atoms. The number of esters is 1. The largest absolute Gasteiger partial charge is 0.461 e. The molecule has 24 heavy (non-hydrogen) atoms. The minimum atomic E-state index is -0.104. The zero-order chi connectivity index (χ0) is 17.4. The van der Waals surface area contributed by atoms with Crippen LogP contribution in [0.5, 0.6) is 0 Å². The molecule has 0 amide bonds. The van der Waals surface area contributed by atoms with Crippen molar-refractivity contribution >= 4 is 5.97 Å². The van der Waals surface area contributed by atoms with E-state index >= 15 is 0 Å². The Balaban J connectivity index is 1.88. The average Bonchev–Trinajstić information content (AvgIpc) is 2.92. The summed E-state index contributed by atoms with van der Waals surface area (Å²) in [5, 5.41) is 18.6. The van der Waals surface area contributed by atoms with Crippen molar-refractivity contribution in [1.29, 1.82) is 0 Å². The van der Waals surface area contributed by atoms with Crippen LogP contribution in [0, 0.1) is 22.7 Å². The summed E-state index contributed by atoms with van der Waals surface area (Å²) < 4.78 is 5.48. The van der Waals surface area contributed by atoms with Gasteiger partial charge in [0.05, 0.1) is 13.2 Å². The second-order valence-electron chi connectivity index (χ2n) is 8.13. The fraction of sp³-hybridized carbons (Fsp3) is 0.750. The van der Waals surface area contributed by atoms with E-state index in [1.807, 2.05) is 0 Å². The molecule has 0 aromatic carbocycles. The van der Waals surface area contributed by atoms with Crippen molar-refractivity contribution in [1.82, 2.24) is 0 Å². The minimum Gasteiger partial charge on any atom is -0.461 e. The first-order valence-corrected chi connectivity index (χ1v) is 9.25. The van der Waals surface area contributed by atoms with Crippen molar-refractivity contribution in [3.8, 4) is 0 Å². The molecular weight excluding hydrogens is 304 g/mol. The van der Waals surface area contributed by atoms with Gasteiger partial charge >= 0.3 is 5.97 Å². The molecule has 2 N–H and O–H groups in total. The first kappa shape index (κ1) is 17.7. The summed E-state index contributed by atoms with van der Waals surface area (Å²) in [5.74, 6) is 0.930. The third kappa shape index (κ3) is 2.64. The molecule has 4 unspecified atom stereocenters. The molecule has 1 saturated heterocycles. The Labute approximate surface area is 144 Å². The lowest BCUT2D eigenvalue weighted by atomic mass is 9.47. The Bertz CT molecular complexity index is 564. The van der Waals surface area contributed by atoms with Crippen LogP contribution >= 0.6 is 0 Å². The predicted molar refractivity (Wildman–Crippen MR) is 92.2 cm³/mol. The summed E-state index contributed by atoms with van der Waals surface area (Å²) in [6.07, 6.45) is 9.85. The highest BCUT2D eigenvalue weighted by Crippen LogP contribution is 2.63. The van der Waals surface area contributed by atoms with Crippen molar-refractivity contribution in [3.05, 3.63) is 23.3 Å². The molecular formula is C20H30O4. The molecule has 0 aromatic rings. The SMILES string of the molecule is CC1CCC23COC(=O)C2=CCCC3C1(C)CC/C(=C/CO)CO. The maximum atomic E-state index is 12.2. The smallest absolute Gasteiger partial charge is 0.334 e. The topological polar surface area (TPSA) is 66.8 Å². The first-order chi connectivity index (χ1) is 11.5. The monoisotopic (exact) mass is 334 g/mol. The Morgan fingerprint density at radius 2 is 2.21 bits per heavy atom. The number of cyclic esters (lactones) is 1.